The van der Waals surface area contributed by atoms with E-state index < -0.39 is 12.2 Å². The molecule has 532 valence electrons. The first-order valence-corrected chi connectivity index (χ1v) is 38.4. The number of aromatic nitrogens is 6. The second kappa shape index (κ2) is 42.0. The third-order valence-corrected chi connectivity index (χ3v) is 23.5. The Labute approximate surface area is 668 Å². The predicted octanol–water partition coefficient (Wildman–Crippen LogP) is 14.9. The number of carbonyl (C=O) groups excluding carboxylic acids is 4. The molecule has 2 unspecified atom stereocenters. The van der Waals surface area contributed by atoms with Gasteiger partial charge in [-0.2, -0.15) is 30.3 Å². The molecule has 6 aromatic heterocycles. The molecule has 101 heavy (non-hydrogen) atoms. The molecule has 0 aliphatic heterocycles. The fourth-order valence-corrected chi connectivity index (χ4v) is 17.4. The molecule has 17 nitrogen and oxygen atoms in total. The molecule has 0 spiro atoms. The zero-order chi connectivity index (χ0) is 71.4. The third-order valence-electron chi connectivity index (χ3n) is 17.8. The van der Waals surface area contributed by atoms with Gasteiger partial charge in [-0.3, -0.25) is 19.2 Å². The van der Waals surface area contributed by atoms with Crippen molar-refractivity contribution in [3.05, 3.63) is 220 Å². The first-order chi connectivity index (χ1) is 47.6. The molecule has 3 aromatic carbocycles. The molecule has 9 aromatic rings. The van der Waals surface area contributed by atoms with Crippen molar-refractivity contribution in [1.82, 2.24) is 29.9 Å². The van der Waals surface area contributed by atoms with Crippen LogP contribution in [0.1, 0.15) is 183 Å². The van der Waals surface area contributed by atoms with E-state index in [0.717, 1.165) is 98.8 Å². The standard InChI is InChI=1S/C24H25BrClN3O2S.C23H23BrClN3O3S.C18H20ClN3O2S.C6H4Br.C2H6O.BrH.Mg/c1-3-14-9-17(7-13(14)2)29-24-19(11-27-12-28-24)22(31)20-10-18(23(26)32-20)21(30)15-5-4-6-16(25)8-15;1-12-5-16(7-14(12)10-29)28-23-18(9-26-11-27-23)21(31)19-8-17(22(25)32-19)20(30)13-3-2-4-15(24)6-13;1-3-11-5-13(4-10(11)2)22-18-14(7-20-9-21-18)16(24)15-6-12(8-23)17(19)25-15;7-6-4-2-1-3-5-6;1-2-3;;/h4-6,8,10-14,17,21,30H,3,7,9H2,1-2H3,(H,27,28,29);2-4,6,8-9,11-12,14,16,20,29-30H,5,7,10H2,1H3,(H,26,27,28);6-11,13H,3-5H2,1-2H3,(H,20,21,22);1-2,4-5H;3H,2H2,1H3;1H;/q;;;-1;;;+2/p-1/t13-,14-,17-,21?;12-,14+,16-,20?;10-,11-,13-;;;;/m000..../s1. The van der Waals surface area contributed by atoms with Gasteiger partial charge in [-0.1, -0.05) is 143 Å². The number of benzene rings is 3. The number of aldehydes is 1. The van der Waals surface area contributed by atoms with E-state index in [2.05, 4.69) is 134 Å². The van der Waals surface area contributed by atoms with Crippen LogP contribution < -0.4 is 32.9 Å². The molecule has 0 saturated heterocycles. The maximum Gasteiger partial charge on any atom is 2.00 e. The minimum Gasteiger partial charge on any atom is -1.00 e. The Balaban J connectivity index is 0.000000222. The number of ketones is 3. The van der Waals surface area contributed by atoms with Crippen LogP contribution in [0.15, 0.2) is 142 Å². The average molecular weight is 1760 g/mol. The molecular weight excluding hydrogens is 1680 g/mol. The molecule has 28 heteroatoms. The fraction of sp³-hybridized carbons (Fsp3) is 0.370. The first-order valence-electron chi connectivity index (χ1n) is 32.4. The number of aliphatic hydroxyl groups excluding tert-OH is 4. The van der Waals surface area contributed by atoms with E-state index in [4.69, 9.17) is 39.9 Å². The normalized spacial score (nSPS) is 20.0. The number of aliphatic hydroxyl groups is 4. The van der Waals surface area contributed by atoms with Gasteiger partial charge < -0.3 is 53.4 Å². The maximum absolute atomic E-state index is 13.3. The van der Waals surface area contributed by atoms with Crippen LogP contribution in [0.3, 0.4) is 0 Å². The second-order valence-corrected chi connectivity index (χ2v) is 32.3. The van der Waals surface area contributed by atoms with Crippen LogP contribution in [0.2, 0.25) is 13.0 Å². The molecule has 6 heterocycles. The number of nitrogens with one attached hydrogen (secondary N) is 3. The maximum atomic E-state index is 13.3. The van der Waals surface area contributed by atoms with Crippen molar-refractivity contribution in [3.63, 3.8) is 0 Å². The second-order valence-electron chi connectivity index (χ2n) is 24.6. The van der Waals surface area contributed by atoms with Gasteiger partial charge in [0.1, 0.15) is 53.0 Å². The van der Waals surface area contributed by atoms with Crippen LogP contribution in [-0.2, 0) is 0 Å². The summed E-state index contributed by atoms with van der Waals surface area (Å²) in [6.45, 7) is 13.2. The van der Waals surface area contributed by atoms with Crippen LogP contribution >= 0.6 is 117 Å². The van der Waals surface area contributed by atoms with E-state index >= 15 is 0 Å². The molecule has 0 bridgehead atoms. The average Bonchev–Trinajstić information content (AvgIpc) is 1.69. The largest absolute Gasteiger partial charge is 2.00 e. The monoisotopic (exact) mass is 1750 g/mol. The van der Waals surface area contributed by atoms with Crippen LogP contribution in [0, 0.1) is 41.6 Å². The van der Waals surface area contributed by atoms with Gasteiger partial charge in [0, 0.05) is 75.6 Å². The minimum atomic E-state index is -0.946. The van der Waals surface area contributed by atoms with Crippen LogP contribution in [-0.4, -0.2) is 128 Å². The van der Waals surface area contributed by atoms with Crippen molar-refractivity contribution in [1.29, 1.82) is 0 Å². The number of nitrogens with zero attached hydrogens (tertiary/aromatic N) is 6. The Bertz CT molecular complexity index is 3990. The summed E-state index contributed by atoms with van der Waals surface area (Å²) in [6, 6.07) is 30.8. The zero-order valence-electron chi connectivity index (χ0n) is 56.3. The summed E-state index contributed by atoms with van der Waals surface area (Å²) in [7, 11) is 0. The Hall–Kier alpha value is -4.52. The molecule has 7 N–H and O–H groups in total. The Kier molecular flexibility index (Phi) is 35.5. The van der Waals surface area contributed by atoms with Gasteiger partial charge in [0.2, 0.25) is 17.3 Å². The van der Waals surface area contributed by atoms with Crippen molar-refractivity contribution in [2.45, 2.75) is 123 Å². The molecule has 0 amide bonds. The summed E-state index contributed by atoms with van der Waals surface area (Å²) < 4.78 is 3.86. The molecule has 3 aliphatic carbocycles. The Morgan fingerprint density at radius 3 is 1.24 bits per heavy atom. The molecule has 3 aliphatic rings. The number of rotatable bonds is 20. The van der Waals surface area contributed by atoms with E-state index in [-0.39, 0.29) is 88.6 Å². The van der Waals surface area contributed by atoms with Crippen LogP contribution in [0.4, 0.5) is 17.5 Å². The number of hydrogen-bond acceptors (Lipinski definition) is 20. The van der Waals surface area contributed by atoms with Gasteiger partial charge in [-0.15, -0.1) is 49.9 Å². The topological polar surface area (TPSA) is 263 Å². The smallest absolute Gasteiger partial charge is 1.00 e. The summed E-state index contributed by atoms with van der Waals surface area (Å²) >= 11 is 32.3. The van der Waals surface area contributed by atoms with Crippen molar-refractivity contribution in [2.24, 2.45) is 35.5 Å². The first kappa shape index (κ1) is 85.4. The van der Waals surface area contributed by atoms with E-state index in [9.17, 15) is 34.5 Å². The number of anilines is 3. The zero-order valence-corrected chi connectivity index (χ0v) is 68.8. The van der Waals surface area contributed by atoms with E-state index in [1.165, 1.54) is 37.4 Å². The van der Waals surface area contributed by atoms with Crippen molar-refractivity contribution < 1.29 is 56.6 Å². The minimum absolute atomic E-state index is 0. The molecule has 3 fully saturated rings. The SMILES string of the molecule is Brc1c[c-]ccc1.CCO.CC[C@H]1C[C@@H](Nc2ncncc2C(=O)c2cc(C(O)c3cccc(Br)c3)c(Cl)s2)C[C@@H]1C.CC[C@H]1C[C@@H](Nc2ncncc2C(=O)c2cc(C=O)c(Cl)s2)C[C@@H]1C.C[C@H]1C[C@H](Nc2ncncc2C(=O)c2cc(C(O)c3cccc(Br)c3)c(Cl)s2)C[C@@H]1CO.[Br-].[Mg+2]. The molecule has 3 saturated carbocycles. The molecule has 11 atom stereocenters. The van der Waals surface area contributed by atoms with Crippen LogP contribution in [0.5, 0.6) is 0 Å². The number of halogens is 7. The van der Waals surface area contributed by atoms with Gasteiger partial charge >= 0.3 is 23.1 Å². The molecular formula is C73H78Br4Cl3MgN9O8S3. The van der Waals surface area contributed by atoms with Crippen molar-refractivity contribution >= 4 is 181 Å². The van der Waals surface area contributed by atoms with Crippen molar-refractivity contribution in [3.8, 4) is 0 Å². The predicted molar refractivity (Wildman–Crippen MR) is 413 cm³/mol. The summed E-state index contributed by atoms with van der Waals surface area (Å²) in [5, 5.41) is 49.0. The number of hydrogen-bond donors (Lipinski definition) is 7. The van der Waals surface area contributed by atoms with Crippen molar-refractivity contribution in [2.75, 3.05) is 29.2 Å². The van der Waals surface area contributed by atoms with Gasteiger partial charge in [0.15, 0.2) is 6.29 Å². The summed E-state index contributed by atoms with van der Waals surface area (Å²) in [5.74, 6) is 4.23. The summed E-state index contributed by atoms with van der Waals surface area (Å²) in [6.07, 6.45) is 16.0. The summed E-state index contributed by atoms with van der Waals surface area (Å²) in [5.41, 5.74) is 3.89. The summed E-state index contributed by atoms with van der Waals surface area (Å²) in [4.78, 5) is 76.7. The third kappa shape index (κ3) is 23.5. The molecule has 0 radical (unpaired) electrons. The van der Waals surface area contributed by atoms with E-state index in [0.29, 0.717) is 132 Å². The van der Waals surface area contributed by atoms with Gasteiger partial charge in [0.05, 0.1) is 40.0 Å². The van der Waals surface area contributed by atoms with E-state index in [1.807, 2.05) is 66.7 Å². The van der Waals surface area contributed by atoms with Gasteiger partial charge in [-0.05, 0) is 135 Å². The van der Waals surface area contributed by atoms with Gasteiger partial charge in [-0.25, -0.2) is 29.9 Å². The Morgan fingerprint density at radius 1 is 0.564 bits per heavy atom. The van der Waals surface area contributed by atoms with Gasteiger partial charge in [0.25, 0.3) is 0 Å². The van der Waals surface area contributed by atoms with Crippen LogP contribution in [0.25, 0.3) is 0 Å². The quantitative estimate of drug-likeness (QED) is 0.0162. The fourth-order valence-electron chi connectivity index (χ4n) is 12.6. The number of thiophene rings is 3. The molecule has 12 rings (SSSR count). The van der Waals surface area contributed by atoms with E-state index in [1.54, 1.807) is 31.3 Å². The number of carbonyl (C=O) groups is 4. The Morgan fingerprint density at radius 2 is 0.931 bits per heavy atom.